The molecule has 0 saturated heterocycles. The Balaban J connectivity index is 1.13. The van der Waals surface area contributed by atoms with Gasteiger partial charge in [0, 0.05) is 55.6 Å². The van der Waals surface area contributed by atoms with Crippen molar-refractivity contribution >= 4 is 65.3 Å². The zero-order valence-electron chi connectivity index (χ0n) is 27.7. The first kappa shape index (κ1) is 28.0. The first-order valence-corrected chi connectivity index (χ1v) is 17.5. The van der Waals surface area contributed by atoms with Crippen LogP contribution in [0.1, 0.15) is 0 Å². The van der Waals surface area contributed by atoms with Gasteiger partial charge >= 0.3 is 0 Å². The zero-order chi connectivity index (χ0) is 33.5. The van der Waals surface area contributed by atoms with Crippen LogP contribution < -0.4 is 0 Å². The average Bonchev–Trinajstić information content (AvgIpc) is 3.89. The van der Waals surface area contributed by atoms with E-state index < -0.39 is 0 Å². The van der Waals surface area contributed by atoms with Gasteiger partial charge in [0.05, 0.1) is 27.6 Å². The van der Waals surface area contributed by atoms with Crippen molar-refractivity contribution < 1.29 is 0 Å². The Hall–Kier alpha value is -6.84. The Kier molecular flexibility index (Phi) is 5.96. The minimum atomic E-state index is 1.16. The van der Waals surface area contributed by atoms with Gasteiger partial charge in [-0.1, -0.05) is 109 Å². The summed E-state index contributed by atoms with van der Waals surface area (Å²) in [6, 6.07) is 66.2. The van der Waals surface area contributed by atoms with E-state index in [1.54, 1.807) is 0 Å². The van der Waals surface area contributed by atoms with Crippen molar-refractivity contribution in [2.24, 2.45) is 0 Å². The van der Waals surface area contributed by atoms with Crippen LogP contribution in [-0.2, 0) is 0 Å². The summed E-state index contributed by atoms with van der Waals surface area (Å²) in [6.45, 7) is 0. The molecule has 0 spiro atoms. The molecule has 0 N–H and O–H groups in total. The van der Waals surface area contributed by atoms with Crippen LogP contribution in [-0.4, -0.2) is 13.7 Å². The Morgan fingerprint density at radius 1 is 0.314 bits per heavy atom. The molecular weight excluding hydrogens is 619 g/mol. The lowest BCUT2D eigenvalue weighted by Gasteiger charge is -2.10. The van der Waals surface area contributed by atoms with E-state index in [-0.39, 0.29) is 0 Å². The highest BCUT2D eigenvalue weighted by molar-refractivity contribution is 6.25. The summed E-state index contributed by atoms with van der Waals surface area (Å²) in [5, 5.41) is 8.83. The minimum Gasteiger partial charge on any atom is -0.316 e. The van der Waals surface area contributed by atoms with Gasteiger partial charge in [0.2, 0.25) is 0 Å². The van der Waals surface area contributed by atoms with Gasteiger partial charge in [0.25, 0.3) is 0 Å². The van der Waals surface area contributed by atoms with Gasteiger partial charge in [-0.2, -0.15) is 0 Å². The fourth-order valence-corrected chi connectivity index (χ4v) is 8.40. The maximum Gasteiger partial charge on any atom is 0.0607 e. The maximum absolute atomic E-state index is 2.42. The molecule has 0 fully saturated rings. The zero-order valence-corrected chi connectivity index (χ0v) is 27.7. The molecule has 8 aromatic carbocycles. The number of hydrogen-bond acceptors (Lipinski definition) is 0. The van der Waals surface area contributed by atoms with Crippen LogP contribution in [0.2, 0.25) is 0 Å². The van der Waals surface area contributed by atoms with E-state index in [9.17, 15) is 0 Å². The molecule has 0 bridgehead atoms. The predicted molar refractivity (Wildman–Crippen MR) is 215 cm³/mol. The number of nitrogens with zero attached hydrogens (tertiary/aromatic N) is 3. The number of aromatic nitrogens is 3. The third-order valence-corrected chi connectivity index (χ3v) is 10.7. The first-order valence-electron chi connectivity index (χ1n) is 17.5. The lowest BCUT2D eigenvalue weighted by atomic mass is 9.99. The largest absolute Gasteiger partial charge is 0.316 e. The normalized spacial score (nSPS) is 11.9. The maximum atomic E-state index is 2.42. The third-order valence-electron chi connectivity index (χ3n) is 10.7. The molecule has 0 amide bonds. The predicted octanol–water partition coefficient (Wildman–Crippen LogP) is 12.6. The smallest absolute Gasteiger partial charge is 0.0607 e. The molecule has 0 radical (unpaired) electrons. The molecule has 3 heteroatoms. The highest BCUT2D eigenvalue weighted by Gasteiger charge is 2.18. The molecular formula is C48H31N3. The molecule has 11 aromatic rings. The highest BCUT2D eigenvalue weighted by atomic mass is 15.0. The molecule has 0 unspecified atom stereocenters. The van der Waals surface area contributed by atoms with E-state index in [1.165, 1.54) is 82.1 Å². The average molecular weight is 650 g/mol. The number of fused-ring (bicyclic) bond motifs is 10. The summed E-state index contributed by atoms with van der Waals surface area (Å²) >= 11 is 0. The molecule has 0 saturated carbocycles. The minimum absolute atomic E-state index is 1.16. The monoisotopic (exact) mass is 649 g/mol. The van der Waals surface area contributed by atoms with Crippen molar-refractivity contribution in [1.29, 1.82) is 0 Å². The van der Waals surface area contributed by atoms with Gasteiger partial charge in [-0.15, -0.1) is 0 Å². The summed E-state index contributed by atoms with van der Waals surface area (Å²) in [4.78, 5) is 0. The molecule has 0 atom stereocenters. The van der Waals surface area contributed by atoms with Crippen molar-refractivity contribution in [2.45, 2.75) is 0 Å². The third kappa shape index (κ3) is 4.12. The standard InChI is InChI=1S/C48H31N3/c1-3-11-35(12-4-1)49-30-29-33-21-25-40-41(48(33)49)26-28-46-47(40)42-31-34(22-27-45(42)51(46)36-13-5-2-6-14-36)32-19-23-37(24-20-32)50-43-17-9-7-15-38(43)39-16-8-10-18-44(39)50/h1-31H. The van der Waals surface area contributed by atoms with Crippen LogP contribution >= 0.6 is 0 Å². The summed E-state index contributed by atoms with van der Waals surface area (Å²) < 4.78 is 7.12. The van der Waals surface area contributed by atoms with Crippen molar-refractivity contribution in [1.82, 2.24) is 13.7 Å². The van der Waals surface area contributed by atoms with Gasteiger partial charge in [0.15, 0.2) is 0 Å². The van der Waals surface area contributed by atoms with Gasteiger partial charge < -0.3 is 13.7 Å². The van der Waals surface area contributed by atoms with E-state index >= 15 is 0 Å². The quantitative estimate of drug-likeness (QED) is 0.180. The molecule has 238 valence electrons. The number of hydrogen-bond donors (Lipinski definition) is 0. The van der Waals surface area contributed by atoms with E-state index in [0.29, 0.717) is 0 Å². The van der Waals surface area contributed by atoms with Gasteiger partial charge in [-0.3, -0.25) is 0 Å². The van der Waals surface area contributed by atoms with Crippen molar-refractivity contribution in [2.75, 3.05) is 0 Å². The fraction of sp³-hybridized carbons (Fsp3) is 0. The van der Waals surface area contributed by atoms with E-state index in [0.717, 1.165) is 11.4 Å². The van der Waals surface area contributed by atoms with E-state index in [2.05, 4.69) is 202 Å². The molecule has 3 aromatic heterocycles. The summed E-state index contributed by atoms with van der Waals surface area (Å²) in [5.74, 6) is 0. The van der Waals surface area contributed by atoms with Crippen LogP contribution in [0.4, 0.5) is 0 Å². The van der Waals surface area contributed by atoms with Crippen LogP contribution in [0.15, 0.2) is 188 Å². The van der Waals surface area contributed by atoms with Crippen LogP contribution in [0.3, 0.4) is 0 Å². The van der Waals surface area contributed by atoms with Gasteiger partial charge in [0.1, 0.15) is 0 Å². The van der Waals surface area contributed by atoms with E-state index in [1.807, 2.05) is 0 Å². The number of para-hydroxylation sites is 4. The van der Waals surface area contributed by atoms with Crippen molar-refractivity contribution in [3.63, 3.8) is 0 Å². The number of rotatable bonds is 4. The Bertz CT molecular complexity index is 3050. The molecule has 0 aliphatic heterocycles. The molecule has 3 heterocycles. The second-order valence-corrected chi connectivity index (χ2v) is 13.4. The van der Waals surface area contributed by atoms with Crippen molar-refractivity contribution in [3.05, 3.63) is 188 Å². The van der Waals surface area contributed by atoms with Crippen LogP contribution in [0, 0.1) is 0 Å². The molecule has 3 nitrogen and oxygen atoms in total. The highest BCUT2D eigenvalue weighted by Crippen LogP contribution is 2.41. The second kappa shape index (κ2) is 10.8. The lowest BCUT2D eigenvalue weighted by molar-refractivity contribution is 1.13. The van der Waals surface area contributed by atoms with Gasteiger partial charge in [-0.05, 0) is 89.3 Å². The molecule has 0 aliphatic carbocycles. The summed E-state index contributed by atoms with van der Waals surface area (Å²) in [5.41, 5.74) is 12.0. The molecule has 51 heavy (non-hydrogen) atoms. The Morgan fingerprint density at radius 3 is 1.59 bits per heavy atom. The van der Waals surface area contributed by atoms with Gasteiger partial charge in [-0.25, -0.2) is 0 Å². The van der Waals surface area contributed by atoms with Crippen LogP contribution in [0.25, 0.3) is 93.5 Å². The number of benzene rings is 8. The Morgan fingerprint density at radius 2 is 0.863 bits per heavy atom. The van der Waals surface area contributed by atoms with E-state index in [4.69, 9.17) is 0 Å². The van der Waals surface area contributed by atoms with Crippen molar-refractivity contribution in [3.8, 4) is 28.2 Å². The SMILES string of the molecule is c1ccc(-n2ccc3ccc4c(ccc5c4c4cc(-c6ccc(-n7c8ccccc8c8ccccc87)cc6)ccc4n5-c4ccccc4)c32)cc1. The molecule has 11 rings (SSSR count). The lowest BCUT2D eigenvalue weighted by Crippen LogP contribution is -1.94. The Labute approximate surface area is 294 Å². The molecule has 0 aliphatic rings. The first-order chi connectivity index (χ1) is 25.3. The topological polar surface area (TPSA) is 14.8 Å². The fourth-order valence-electron chi connectivity index (χ4n) is 8.40. The summed E-state index contributed by atoms with van der Waals surface area (Å²) in [7, 11) is 0. The summed E-state index contributed by atoms with van der Waals surface area (Å²) in [6.07, 6.45) is 2.19. The second-order valence-electron chi connectivity index (χ2n) is 13.4. The van der Waals surface area contributed by atoms with Crippen LogP contribution in [0.5, 0.6) is 0 Å².